The Balaban J connectivity index is 2.56. The van der Waals surface area contributed by atoms with Crippen molar-refractivity contribution < 1.29 is 27.0 Å². The van der Waals surface area contributed by atoms with Crippen LogP contribution in [0.2, 0.25) is 0 Å². The van der Waals surface area contributed by atoms with Gasteiger partial charge in [0.2, 0.25) is 0 Å². The maximum absolute atomic E-state index is 12.1. The Hall–Kier alpha value is -1.94. The van der Waals surface area contributed by atoms with Crippen molar-refractivity contribution in [2.45, 2.75) is 26.1 Å². The Labute approximate surface area is 152 Å². The number of aliphatic imine (C=N–C) groups is 1. The van der Waals surface area contributed by atoms with Crippen molar-refractivity contribution in [2.24, 2.45) is 4.99 Å². The average Bonchev–Trinajstić information content (AvgIpc) is 2.55. The van der Waals surface area contributed by atoms with E-state index in [1.165, 1.54) is 30.5 Å². The molecule has 10 heteroatoms. The number of rotatable bonds is 10. The number of aliphatic hydroxyl groups is 1. The topological polar surface area (TPSA) is 100 Å². The number of hydrogen-bond acceptors (Lipinski definition) is 5. The quantitative estimate of drug-likeness (QED) is 0.315. The van der Waals surface area contributed by atoms with Crippen molar-refractivity contribution in [1.29, 1.82) is 0 Å². The lowest BCUT2D eigenvalue weighted by Crippen LogP contribution is -2.38. The molecule has 1 aromatic carbocycles. The molecule has 0 saturated heterocycles. The summed E-state index contributed by atoms with van der Waals surface area (Å²) in [7, 11) is -3.00. The highest BCUT2D eigenvalue weighted by Gasteiger charge is 2.10. The van der Waals surface area contributed by atoms with Crippen LogP contribution in [0.1, 0.15) is 25.0 Å². The molecular weight excluding hydrogens is 368 g/mol. The van der Waals surface area contributed by atoms with Crippen LogP contribution in [0, 0.1) is 0 Å². The Kier molecular flexibility index (Phi) is 9.28. The molecule has 148 valence electrons. The van der Waals surface area contributed by atoms with Crippen LogP contribution in [0.3, 0.4) is 0 Å². The summed E-state index contributed by atoms with van der Waals surface area (Å²) in [6.07, 6.45) is 0.708. The van der Waals surface area contributed by atoms with E-state index in [0.717, 1.165) is 0 Å². The first-order valence-corrected chi connectivity index (χ1v) is 10.2. The first-order chi connectivity index (χ1) is 12.2. The lowest BCUT2D eigenvalue weighted by Gasteiger charge is -2.13. The van der Waals surface area contributed by atoms with E-state index in [4.69, 9.17) is 0 Å². The molecule has 0 heterocycles. The number of benzene rings is 1. The van der Waals surface area contributed by atoms with Crippen LogP contribution < -0.4 is 15.4 Å². The van der Waals surface area contributed by atoms with Gasteiger partial charge < -0.3 is 20.5 Å². The number of ether oxygens (including phenoxy) is 1. The Bertz CT molecular complexity index is 667. The third-order valence-corrected chi connectivity index (χ3v) is 4.27. The molecule has 0 aliphatic rings. The number of sulfone groups is 1. The van der Waals surface area contributed by atoms with Gasteiger partial charge in [-0.2, -0.15) is 8.78 Å². The van der Waals surface area contributed by atoms with E-state index in [1.54, 1.807) is 0 Å². The van der Waals surface area contributed by atoms with Gasteiger partial charge in [-0.1, -0.05) is 12.1 Å². The van der Waals surface area contributed by atoms with Crippen LogP contribution in [0.5, 0.6) is 5.75 Å². The van der Waals surface area contributed by atoms with Gasteiger partial charge in [-0.25, -0.2) is 8.42 Å². The van der Waals surface area contributed by atoms with E-state index in [-0.39, 0.29) is 18.0 Å². The molecule has 0 fully saturated rings. The molecule has 1 rings (SSSR count). The van der Waals surface area contributed by atoms with Crippen LogP contribution in [0.25, 0.3) is 0 Å². The highest BCUT2D eigenvalue weighted by Crippen LogP contribution is 2.19. The SMILES string of the molecule is CCNC(=NCC(O)c1ccc(OC(F)F)cc1)NCCCS(C)(=O)=O. The van der Waals surface area contributed by atoms with Gasteiger partial charge in [-0.05, 0) is 31.0 Å². The third kappa shape index (κ3) is 9.52. The summed E-state index contributed by atoms with van der Waals surface area (Å²) in [6, 6.07) is 5.68. The molecule has 0 spiro atoms. The van der Waals surface area contributed by atoms with E-state index in [2.05, 4.69) is 20.4 Å². The molecule has 0 radical (unpaired) electrons. The molecule has 26 heavy (non-hydrogen) atoms. The number of hydrogen-bond donors (Lipinski definition) is 3. The molecule has 1 atom stereocenters. The number of aliphatic hydroxyl groups excluding tert-OH is 1. The van der Waals surface area contributed by atoms with Gasteiger partial charge in [0.1, 0.15) is 15.6 Å². The maximum Gasteiger partial charge on any atom is 0.387 e. The normalized spacial score (nSPS) is 13.5. The molecule has 1 unspecified atom stereocenters. The second kappa shape index (κ2) is 10.9. The fourth-order valence-electron chi connectivity index (χ4n) is 2.04. The molecule has 1 aromatic rings. The fourth-order valence-corrected chi connectivity index (χ4v) is 2.71. The second-order valence-electron chi connectivity index (χ2n) is 5.59. The van der Waals surface area contributed by atoms with Crippen LogP contribution in [0.4, 0.5) is 8.78 Å². The zero-order valence-electron chi connectivity index (χ0n) is 14.8. The minimum Gasteiger partial charge on any atom is -0.435 e. The summed E-state index contributed by atoms with van der Waals surface area (Å²) in [5, 5.41) is 16.1. The minimum absolute atomic E-state index is 0.0142. The zero-order valence-corrected chi connectivity index (χ0v) is 15.6. The molecule has 3 N–H and O–H groups in total. The second-order valence-corrected chi connectivity index (χ2v) is 7.85. The number of halogens is 2. The van der Waals surface area contributed by atoms with Gasteiger partial charge in [-0.15, -0.1) is 0 Å². The van der Waals surface area contributed by atoms with Crippen molar-refractivity contribution in [3.63, 3.8) is 0 Å². The van der Waals surface area contributed by atoms with Crippen molar-refractivity contribution in [3.8, 4) is 5.75 Å². The van der Waals surface area contributed by atoms with Gasteiger partial charge in [0.05, 0.1) is 18.4 Å². The summed E-state index contributed by atoms with van der Waals surface area (Å²) >= 11 is 0. The smallest absolute Gasteiger partial charge is 0.387 e. The van der Waals surface area contributed by atoms with Crippen LogP contribution in [-0.4, -0.2) is 57.7 Å². The number of nitrogens with zero attached hydrogens (tertiary/aromatic N) is 1. The maximum atomic E-state index is 12.1. The molecule has 0 aliphatic carbocycles. The Morgan fingerprint density at radius 3 is 2.46 bits per heavy atom. The standard InChI is InChI=1S/C16H25F2N3O4S/c1-3-19-16(20-9-4-10-26(2,23)24)21-11-14(22)12-5-7-13(8-6-12)25-15(17)18/h5-8,14-15,22H,3-4,9-11H2,1-2H3,(H2,19,20,21). The van der Waals surface area contributed by atoms with E-state index >= 15 is 0 Å². The molecule has 0 bridgehead atoms. The first-order valence-electron chi connectivity index (χ1n) is 8.14. The summed E-state index contributed by atoms with van der Waals surface area (Å²) in [5.74, 6) is 0.549. The predicted octanol–water partition coefficient (Wildman–Crippen LogP) is 1.31. The largest absolute Gasteiger partial charge is 0.435 e. The molecule has 7 nitrogen and oxygen atoms in total. The zero-order chi connectivity index (χ0) is 19.6. The first kappa shape index (κ1) is 22.1. The van der Waals surface area contributed by atoms with Crippen LogP contribution in [-0.2, 0) is 9.84 Å². The molecular formula is C16H25F2N3O4S. The van der Waals surface area contributed by atoms with E-state index in [1.807, 2.05) is 6.92 Å². The average molecular weight is 393 g/mol. The fraction of sp³-hybridized carbons (Fsp3) is 0.562. The van der Waals surface area contributed by atoms with Gasteiger partial charge >= 0.3 is 6.61 Å². The molecule has 0 amide bonds. The van der Waals surface area contributed by atoms with Gasteiger partial charge in [-0.3, -0.25) is 4.99 Å². The van der Waals surface area contributed by atoms with Gasteiger partial charge in [0.25, 0.3) is 0 Å². The Morgan fingerprint density at radius 2 is 1.92 bits per heavy atom. The van der Waals surface area contributed by atoms with Crippen molar-refractivity contribution in [2.75, 3.05) is 31.6 Å². The van der Waals surface area contributed by atoms with Crippen molar-refractivity contribution >= 4 is 15.8 Å². The van der Waals surface area contributed by atoms with E-state index < -0.39 is 22.6 Å². The summed E-state index contributed by atoms with van der Waals surface area (Å²) in [6.45, 7) is 0.0665. The Morgan fingerprint density at radius 1 is 1.27 bits per heavy atom. The van der Waals surface area contributed by atoms with E-state index in [0.29, 0.717) is 31.0 Å². The summed E-state index contributed by atoms with van der Waals surface area (Å²) < 4.78 is 50.7. The number of guanidine groups is 1. The molecule has 0 aromatic heterocycles. The molecule has 0 saturated carbocycles. The predicted molar refractivity (Wildman–Crippen MR) is 96.3 cm³/mol. The number of alkyl halides is 2. The molecule has 0 aliphatic heterocycles. The third-order valence-electron chi connectivity index (χ3n) is 3.24. The van der Waals surface area contributed by atoms with Gasteiger partial charge in [0.15, 0.2) is 5.96 Å². The highest BCUT2D eigenvalue weighted by atomic mass is 32.2. The van der Waals surface area contributed by atoms with Crippen molar-refractivity contribution in [1.82, 2.24) is 10.6 Å². The number of nitrogens with one attached hydrogen (secondary N) is 2. The summed E-state index contributed by atoms with van der Waals surface area (Å²) in [4.78, 5) is 4.24. The van der Waals surface area contributed by atoms with Crippen LogP contribution >= 0.6 is 0 Å². The van der Waals surface area contributed by atoms with E-state index in [9.17, 15) is 22.3 Å². The lowest BCUT2D eigenvalue weighted by molar-refractivity contribution is -0.0498. The van der Waals surface area contributed by atoms with Crippen LogP contribution in [0.15, 0.2) is 29.3 Å². The summed E-state index contributed by atoms with van der Waals surface area (Å²) in [5.41, 5.74) is 0.517. The highest BCUT2D eigenvalue weighted by molar-refractivity contribution is 7.90. The lowest BCUT2D eigenvalue weighted by atomic mass is 10.1. The monoisotopic (exact) mass is 393 g/mol. The van der Waals surface area contributed by atoms with Gasteiger partial charge in [0, 0.05) is 19.3 Å². The van der Waals surface area contributed by atoms with Crippen molar-refractivity contribution in [3.05, 3.63) is 29.8 Å². The minimum atomic E-state index is -3.00.